The summed E-state index contributed by atoms with van der Waals surface area (Å²) in [5.74, 6) is -0.463. The van der Waals surface area contributed by atoms with E-state index in [1.165, 1.54) is 11.7 Å². The summed E-state index contributed by atoms with van der Waals surface area (Å²) in [6.45, 7) is 4.00. The number of ether oxygens (including phenoxy) is 1. The van der Waals surface area contributed by atoms with Crippen molar-refractivity contribution in [2.75, 3.05) is 7.11 Å². The molecule has 0 fully saturated rings. The number of rotatable bonds is 2. The first kappa shape index (κ1) is 16.1. The molecule has 0 amide bonds. The van der Waals surface area contributed by atoms with Crippen molar-refractivity contribution in [1.29, 1.82) is 0 Å². The Labute approximate surface area is 143 Å². The van der Waals surface area contributed by atoms with E-state index in [1.54, 1.807) is 18.2 Å². The fourth-order valence-corrected chi connectivity index (χ4v) is 2.86. The average molecular weight is 340 g/mol. The standard InChI is InChI=1S/C18H16N2O3S/c1-10-4-6-13(8-11(10)2)20-16(21)14-7-5-12(17(22)23-3)9-15(14)19-18(20)24/h4-9H,1-3H3,(H,19,24). The zero-order valence-electron chi connectivity index (χ0n) is 13.5. The molecule has 1 N–H and O–H groups in total. The Hall–Kier alpha value is -2.73. The first-order valence-corrected chi connectivity index (χ1v) is 7.78. The van der Waals surface area contributed by atoms with Crippen LogP contribution in [0, 0.1) is 18.6 Å². The van der Waals surface area contributed by atoms with Crippen molar-refractivity contribution < 1.29 is 9.53 Å². The van der Waals surface area contributed by atoms with Gasteiger partial charge in [-0.05, 0) is 67.5 Å². The van der Waals surface area contributed by atoms with Crippen molar-refractivity contribution in [2.45, 2.75) is 13.8 Å². The molecule has 1 aromatic heterocycles. The van der Waals surface area contributed by atoms with Gasteiger partial charge in [-0.25, -0.2) is 4.79 Å². The van der Waals surface area contributed by atoms with E-state index in [4.69, 9.17) is 17.0 Å². The maximum Gasteiger partial charge on any atom is 0.337 e. The Balaban J connectivity index is 2.28. The highest BCUT2D eigenvalue weighted by Gasteiger charge is 2.11. The number of aromatic amines is 1. The zero-order valence-corrected chi connectivity index (χ0v) is 14.4. The number of carbonyl (C=O) groups excluding carboxylic acids is 1. The third kappa shape index (κ3) is 2.65. The van der Waals surface area contributed by atoms with E-state index in [1.807, 2.05) is 32.0 Å². The lowest BCUT2D eigenvalue weighted by Gasteiger charge is -2.10. The molecule has 0 spiro atoms. The normalized spacial score (nSPS) is 10.8. The Morgan fingerprint density at radius 2 is 1.88 bits per heavy atom. The van der Waals surface area contributed by atoms with E-state index in [9.17, 15) is 9.59 Å². The smallest absolute Gasteiger partial charge is 0.337 e. The Bertz CT molecular complexity index is 1080. The number of hydrogen-bond acceptors (Lipinski definition) is 4. The average Bonchev–Trinajstić information content (AvgIpc) is 2.56. The molecule has 0 aliphatic heterocycles. The maximum absolute atomic E-state index is 12.9. The van der Waals surface area contributed by atoms with Crippen molar-refractivity contribution in [3.05, 3.63) is 68.2 Å². The molecule has 3 aromatic rings. The van der Waals surface area contributed by atoms with Gasteiger partial charge in [-0.2, -0.15) is 0 Å². The van der Waals surface area contributed by atoms with Crippen molar-refractivity contribution in [3.63, 3.8) is 0 Å². The Morgan fingerprint density at radius 1 is 1.12 bits per heavy atom. The number of hydrogen-bond donors (Lipinski definition) is 1. The lowest BCUT2D eigenvalue weighted by molar-refractivity contribution is 0.0601. The molecule has 122 valence electrons. The molecule has 3 rings (SSSR count). The largest absolute Gasteiger partial charge is 0.465 e. The molecule has 0 saturated heterocycles. The lowest BCUT2D eigenvalue weighted by atomic mass is 10.1. The molecule has 2 aromatic carbocycles. The van der Waals surface area contributed by atoms with E-state index < -0.39 is 5.97 Å². The number of H-pyrrole nitrogens is 1. The minimum Gasteiger partial charge on any atom is -0.465 e. The molecule has 1 heterocycles. The third-order valence-corrected chi connectivity index (χ3v) is 4.35. The van der Waals surface area contributed by atoms with Crippen LogP contribution in [0.25, 0.3) is 16.6 Å². The van der Waals surface area contributed by atoms with E-state index in [0.29, 0.717) is 22.2 Å². The number of methoxy groups -OCH3 is 1. The summed E-state index contributed by atoms with van der Waals surface area (Å²) in [4.78, 5) is 27.5. The molecule has 0 bridgehead atoms. The van der Waals surface area contributed by atoms with Crippen LogP contribution in [0.4, 0.5) is 0 Å². The number of nitrogens with zero attached hydrogens (tertiary/aromatic N) is 1. The van der Waals surface area contributed by atoms with Gasteiger partial charge in [0.2, 0.25) is 0 Å². The molecule has 0 unspecified atom stereocenters. The van der Waals surface area contributed by atoms with Crippen molar-refractivity contribution in [1.82, 2.24) is 9.55 Å². The number of nitrogens with one attached hydrogen (secondary N) is 1. The second-order valence-corrected chi connectivity index (χ2v) is 5.98. The number of fused-ring (bicyclic) bond motifs is 1. The van der Waals surface area contributed by atoms with E-state index in [-0.39, 0.29) is 10.3 Å². The van der Waals surface area contributed by atoms with Crippen LogP contribution in [0.1, 0.15) is 21.5 Å². The molecule has 6 heteroatoms. The van der Waals surface area contributed by atoms with Crippen LogP contribution in [0.15, 0.2) is 41.2 Å². The fourth-order valence-electron chi connectivity index (χ4n) is 2.56. The second kappa shape index (κ2) is 6.05. The van der Waals surface area contributed by atoms with Gasteiger partial charge < -0.3 is 9.72 Å². The Kier molecular flexibility index (Phi) is 4.07. The van der Waals surface area contributed by atoms with Crippen LogP contribution in [-0.4, -0.2) is 22.6 Å². The number of aromatic nitrogens is 2. The van der Waals surface area contributed by atoms with Gasteiger partial charge in [0, 0.05) is 0 Å². The minimum absolute atomic E-state index is 0.228. The maximum atomic E-state index is 12.9. The summed E-state index contributed by atoms with van der Waals surface area (Å²) in [5, 5.41) is 0.453. The van der Waals surface area contributed by atoms with Gasteiger partial charge in [0.25, 0.3) is 5.56 Å². The molecular formula is C18H16N2O3S. The number of aryl methyl sites for hydroxylation is 2. The third-order valence-electron chi connectivity index (χ3n) is 4.07. The van der Waals surface area contributed by atoms with Gasteiger partial charge in [-0.15, -0.1) is 0 Å². The Morgan fingerprint density at radius 3 is 2.54 bits per heavy atom. The summed E-state index contributed by atoms with van der Waals surface area (Å²) >= 11 is 5.35. The van der Waals surface area contributed by atoms with Crippen molar-refractivity contribution >= 4 is 29.1 Å². The quantitative estimate of drug-likeness (QED) is 0.573. The van der Waals surface area contributed by atoms with E-state index >= 15 is 0 Å². The highest BCUT2D eigenvalue weighted by molar-refractivity contribution is 7.71. The molecule has 0 atom stereocenters. The number of benzene rings is 2. The topological polar surface area (TPSA) is 64.1 Å². The van der Waals surface area contributed by atoms with Crippen LogP contribution < -0.4 is 5.56 Å². The number of esters is 1. The molecule has 0 aliphatic rings. The van der Waals surface area contributed by atoms with E-state index in [2.05, 4.69) is 4.98 Å². The van der Waals surface area contributed by atoms with Gasteiger partial charge in [-0.1, -0.05) is 6.07 Å². The van der Waals surface area contributed by atoms with Gasteiger partial charge in [0.15, 0.2) is 4.77 Å². The van der Waals surface area contributed by atoms with Crippen LogP contribution in [0.5, 0.6) is 0 Å². The second-order valence-electron chi connectivity index (χ2n) is 5.59. The molecule has 5 nitrogen and oxygen atoms in total. The number of carbonyl (C=O) groups is 1. The first-order valence-electron chi connectivity index (χ1n) is 7.37. The van der Waals surface area contributed by atoms with Gasteiger partial charge in [-0.3, -0.25) is 9.36 Å². The van der Waals surface area contributed by atoms with E-state index in [0.717, 1.165) is 11.1 Å². The fraction of sp³-hybridized carbons (Fsp3) is 0.167. The van der Waals surface area contributed by atoms with Gasteiger partial charge in [0.1, 0.15) is 0 Å². The monoisotopic (exact) mass is 340 g/mol. The summed E-state index contributed by atoms with van der Waals surface area (Å²) in [6, 6.07) is 10.5. The highest BCUT2D eigenvalue weighted by Crippen LogP contribution is 2.16. The van der Waals surface area contributed by atoms with Crippen molar-refractivity contribution in [3.8, 4) is 5.69 Å². The zero-order chi connectivity index (χ0) is 17.4. The van der Waals surface area contributed by atoms with Crippen LogP contribution >= 0.6 is 12.2 Å². The summed E-state index contributed by atoms with van der Waals surface area (Å²) < 4.78 is 6.44. The SMILES string of the molecule is COC(=O)c1ccc2c(=O)n(-c3ccc(C)c(C)c3)c(=S)[nH]c2c1. The minimum atomic E-state index is -0.463. The van der Waals surface area contributed by atoms with Crippen LogP contribution in [-0.2, 0) is 4.74 Å². The molecule has 0 radical (unpaired) electrons. The molecule has 24 heavy (non-hydrogen) atoms. The lowest BCUT2D eigenvalue weighted by Crippen LogP contribution is -2.21. The van der Waals surface area contributed by atoms with Crippen LogP contribution in [0.2, 0.25) is 0 Å². The molecular weight excluding hydrogens is 324 g/mol. The molecule has 0 saturated carbocycles. The molecule has 0 aliphatic carbocycles. The first-order chi connectivity index (χ1) is 11.4. The summed E-state index contributed by atoms with van der Waals surface area (Å²) in [5.41, 5.74) is 3.57. The highest BCUT2D eigenvalue weighted by atomic mass is 32.1. The predicted octanol–water partition coefficient (Wildman–Crippen LogP) is 3.45. The van der Waals surface area contributed by atoms with Crippen LogP contribution in [0.3, 0.4) is 0 Å². The van der Waals surface area contributed by atoms with Gasteiger partial charge in [0.05, 0.1) is 29.3 Å². The summed E-state index contributed by atoms with van der Waals surface area (Å²) in [7, 11) is 1.31. The van der Waals surface area contributed by atoms with Crippen molar-refractivity contribution in [2.24, 2.45) is 0 Å². The summed E-state index contributed by atoms with van der Waals surface area (Å²) in [6.07, 6.45) is 0. The predicted molar refractivity (Wildman–Crippen MR) is 95.5 cm³/mol. The van der Waals surface area contributed by atoms with Gasteiger partial charge >= 0.3 is 5.97 Å².